The van der Waals surface area contributed by atoms with E-state index in [9.17, 15) is 14.4 Å². The number of ketones is 2. The number of aromatic nitrogens is 3. The third kappa shape index (κ3) is 8.66. The highest BCUT2D eigenvalue weighted by molar-refractivity contribution is 6.15. The van der Waals surface area contributed by atoms with Crippen LogP contribution in [0.4, 0.5) is 5.69 Å². The number of nitrogen functional groups attached to an aromatic ring is 1. The molecule has 1 fully saturated rings. The number of anilines is 1. The molecular formula is C36H52BN5O6. The third-order valence-electron chi connectivity index (χ3n) is 10.1. The average molecular weight is 662 g/mol. The first-order valence-corrected chi connectivity index (χ1v) is 16.8. The molecule has 1 aliphatic heterocycles. The molecule has 0 spiro atoms. The number of benzene rings is 1. The fourth-order valence-corrected chi connectivity index (χ4v) is 6.97. The van der Waals surface area contributed by atoms with Gasteiger partial charge in [0, 0.05) is 42.7 Å². The van der Waals surface area contributed by atoms with Gasteiger partial charge in [-0.05, 0) is 70.9 Å². The monoisotopic (exact) mass is 661 g/mol. The maximum atomic E-state index is 14.2. The van der Waals surface area contributed by atoms with Gasteiger partial charge in [-0.3, -0.25) is 19.1 Å². The van der Waals surface area contributed by atoms with Crippen molar-refractivity contribution in [1.82, 2.24) is 20.3 Å². The first-order valence-electron chi connectivity index (χ1n) is 16.8. The summed E-state index contributed by atoms with van der Waals surface area (Å²) in [5, 5.41) is 12.1. The maximum Gasteiger partial charge on any atom is 0.316 e. The molecule has 11 nitrogen and oxygen atoms in total. The first-order chi connectivity index (χ1) is 22.6. The summed E-state index contributed by atoms with van der Waals surface area (Å²) in [7, 11) is 8.13. The number of ether oxygens (including phenoxy) is 3. The second-order valence-corrected chi connectivity index (χ2v) is 13.6. The highest BCUT2D eigenvalue weighted by atomic mass is 16.6. The Morgan fingerprint density at radius 3 is 2.48 bits per heavy atom. The molecule has 3 N–H and O–H groups in total. The van der Waals surface area contributed by atoms with E-state index < -0.39 is 58.8 Å². The number of nitrogens with one attached hydrogen (secondary N) is 1. The summed E-state index contributed by atoms with van der Waals surface area (Å²) < 4.78 is 19.6. The minimum absolute atomic E-state index is 0.0582. The van der Waals surface area contributed by atoms with E-state index in [4.69, 9.17) is 34.2 Å². The summed E-state index contributed by atoms with van der Waals surface area (Å²) in [5.74, 6) is -4.81. The van der Waals surface area contributed by atoms with Crippen LogP contribution < -0.4 is 11.1 Å². The molecule has 2 aromatic rings. The van der Waals surface area contributed by atoms with Gasteiger partial charge in [-0.15, -0.1) is 5.10 Å². The van der Waals surface area contributed by atoms with Crippen LogP contribution >= 0.6 is 0 Å². The number of methoxy groups -OCH3 is 1. The molecule has 0 unspecified atom stereocenters. The zero-order valence-electron chi connectivity index (χ0n) is 29.7. The second kappa shape index (κ2) is 16.6. The molecule has 3 rings (SSSR count). The van der Waals surface area contributed by atoms with Crippen molar-refractivity contribution in [1.29, 1.82) is 0 Å². The Bertz CT molecular complexity index is 1460. The van der Waals surface area contributed by atoms with Gasteiger partial charge in [0.15, 0.2) is 5.60 Å². The van der Waals surface area contributed by atoms with Gasteiger partial charge in [0.2, 0.25) is 0 Å². The van der Waals surface area contributed by atoms with Crippen LogP contribution in [-0.2, 0) is 35.1 Å². The predicted molar refractivity (Wildman–Crippen MR) is 186 cm³/mol. The van der Waals surface area contributed by atoms with Crippen LogP contribution in [0.3, 0.4) is 0 Å². The summed E-state index contributed by atoms with van der Waals surface area (Å²) in [4.78, 5) is 41.1. The zero-order valence-corrected chi connectivity index (χ0v) is 29.7. The van der Waals surface area contributed by atoms with Crippen molar-refractivity contribution < 1.29 is 28.6 Å². The van der Waals surface area contributed by atoms with Crippen LogP contribution in [0.25, 0.3) is 11.3 Å². The molecule has 1 aromatic heterocycles. The van der Waals surface area contributed by atoms with Crippen LogP contribution in [0.2, 0.25) is 5.82 Å². The number of aryl methyl sites for hydroxylation is 1. The van der Waals surface area contributed by atoms with Crippen molar-refractivity contribution in [3.8, 4) is 23.8 Å². The Hall–Kier alpha value is -3.69. The molecule has 260 valence electrons. The molecule has 0 aliphatic carbocycles. The third-order valence-corrected chi connectivity index (χ3v) is 10.1. The van der Waals surface area contributed by atoms with Crippen molar-refractivity contribution in [2.45, 2.75) is 110 Å². The second-order valence-electron chi connectivity index (χ2n) is 13.6. The normalized spacial score (nSPS) is 32.2. The fraction of sp³-hybridized carbons (Fsp3) is 0.639. The number of cyclic esters (lactones) is 1. The summed E-state index contributed by atoms with van der Waals surface area (Å²) in [5.41, 5.74) is 5.87. The van der Waals surface area contributed by atoms with Crippen molar-refractivity contribution in [2.75, 3.05) is 19.4 Å². The van der Waals surface area contributed by atoms with Gasteiger partial charge in [-0.25, -0.2) is 0 Å². The molecule has 1 aromatic carbocycles. The Balaban J connectivity index is 1.87. The summed E-state index contributed by atoms with van der Waals surface area (Å²) >= 11 is 0. The van der Waals surface area contributed by atoms with E-state index in [1.165, 1.54) is 14.0 Å². The van der Waals surface area contributed by atoms with E-state index in [0.29, 0.717) is 25.2 Å². The fourth-order valence-electron chi connectivity index (χ4n) is 6.97. The molecule has 0 saturated carbocycles. The SMILES string of the molecule is [B][C@@H]1[C@@H](C)C(=O)[C@@H](C)C(=O)O[C@H](CC)[C@@](C)(OC#C)[C@H](NCCCCn2cc(-c3cccc(N)c3)nn2)[C@@H](C)C(=O)[C@H](C)C[C@@]1(C)OC. The lowest BCUT2D eigenvalue weighted by molar-refractivity contribution is -0.175. The van der Waals surface area contributed by atoms with Crippen LogP contribution in [0.15, 0.2) is 30.5 Å². The lowest BCUT2D eigenvalue weighted by Gasteiger charge is -2.45. The standard InChI is InChI=1S/C36H52BN5O6/c1-10-29-36(8,47-11-2)33(39-17-12-13-18-42-21-28(40-41-42)26-15-14-16-27(38)19-26)24(5)30(43)22(3)20-35(7,46-9)32(37)23(4)31(44)25(6)34(45)48-29/h2,14-16,19,21-25,29,32-33,39H,10,12-13,17-18,20,38H2,1,3-9H3/t22-,23+,24+,25-,29-,32-,33-,35-,36-/m1/s1. The number of rotatable bonds is 10. The Kier molecular flexibility index (Phi) is 13.4. The van der Waals surface area contributed by atoms with Gasteiger partial charge in [0.05, 0.1) is 25.7 Å². The number of Topliss-reactive ketones (excluding diaryl/α,β-unsaturated/α-hetero) is 2. The highest BCUT2D eigenvalue weighted by Gasteiger charge is 2.51. The van der Waals surface area contributed by atoms with E-state index in [0.717, 1.165) is 24.1 Å². The number of nitrogens with two attached hydrogens (primary N) is 1. The lowest BCUT2D eigenvalue weighted by Crippen LogP contribution is -2.62. The maximum absolute atomic E-state index is 14.2. The molecule has 12 heteroatoms. The predicted octanol–water partition coefficient (Wildman–Crippen LogP) is 4.40. The first kappa shape index (κ1) is 38.8. The topological polar surface area (TPSA) is 148 Å². The molecule has 1 saturated heterocycles. The largest absolute Gasteiger partial charge is 0.457 e. The smallest absolute Gasteiger partial charge is 0.316 e. The van der Waals surface area contributed by atoms with Crippen LogP contribution in [0.1, 0.15) is 74.1 Å². The van der Waals surface area contributed by atoms with Crippen molar-refractivity contribution >= 4 is 31.1 Å². The number of terminal acetylenes is 1. The molecule has 2 radical (unpaired) electrons. The number of carbonyl (C=O) groups excluding carboxylic acids is 3. The minimum atomic E-state index is -1.31. The number of unbranched alkanes of at least 4 members (excludes halogenated alkanes) is 1. The van der Waals surface area contributed by atoms with E-state index in [2.05, 4.69) is 21.7 Å². The summed E-state index contributed by atoms with van der Waals surface area (Å²) in [6.45, 7) is 13.4. The Morgan fingerprint density at radius 1 is 1.15 bits per heavy atom. The van der Waals surface area contributed by atoms with Gasteiger partial charge in [-0.1, -0.05) is 51.5 Å². The van der Waals surface area contributed by atoms with Crippen molar-refractivity contribution in [2.24, 2.45) is 23.7 Å². The molecular weight excluding hydrogens is 609 g/mol. The van der Waals surface area contributed by atoms with E-state index in [1.807, 2.05) is 51.2 Å². The molecule has 48 heavy (non-hydrogen) atoms. The molecule has 9 atom stereocenters. The minimum Gasteiger partial charge on any atom is -0.457 e. The number of carbonyl (C=O) groups is 3. The Labute approximate surface area is 286 Å². The molecule has 1 aliphatic rings. The van der Waals surface area contributed by atoms with E-state index in [1.54, 1.807) is 25.5 Å². The quantitative estimate of drug-likeness (QED) is 0.0938. The van der Waals surface area contributed by atoms with Gasteiger partial charge in [-0.2, -0.15) is 0 Å². The van der Waals surface area contributed by atoms with E-state index >= 15 is 0 Å². The van der Waals surface area contributed by atoms with Crippen LogP contribution in [-0.4, -0.2) is 77.4 Å². The van der Waals surface area contributed by atoms with Gasteiger partial charge >= 0.3 is 5.97 Å². The number of hydrogen-bond acceptors (Lipinski definition) is 10. The molecule has 0 bridgehead atoms. The zero-order chi connectivity index (χ0) is 35.8. The number of hydrogen-bond donors (Lipinski definition) is 2. The van der Waals surface area contributed by atoms with Crippen molar-refractivity contribution in [3.05, 3.63) is 30.5 Å². The Morgan fingerprint density at radius 2 is 1.85 bits per heavy atom. The van der Waals surface area contributed by atoms with Gasteiger partial charge < -0.3 is 25.3 Å². The number of esters is 1. The lowest BCUT2D eigenvalue weighted by atomic mass is 9.62. The summed E-state index contributed by atoms with van der Waals surface area (Å²) in [6.07, 6.45) is 11.1. The van der Waals surface area contributed by atoms with Gasteiger partial charge in [0.1, 0.15) is 35.4 Å². The highest BCUT2D eigenvalue weighted by Crippen LogP contribution is 2.40. The van der Waals surface area contributed by atoms with Crippen LogP contribution in [0, 0.1) is 36.2 Å². The van der Waals surface area contributed by atoms with Crippen molar-refractivity contribution in [3.63, 3.8) is 0 Å². The van der Waals surface area contributed by atoms with Gasteiger partial charge in [0.25, 0.3) is 0 Å². The molecule has 0 amide bonds. The summed E-state index contributed by atoms with van der Waals surface area (Å²) in [6, 6.07) is 6.83. The number of nitrogens with zero attached hydrogens (tertiary/aromatic N) is 3. The average Bonchev–Trinajstić information content (AvgIpc) is 3.55. The van der Waals surface area contributed by atoms with Crippen LogP contribution in [0.5, 0.6) is 0 Å². The molecule has 2 heterocycles. The van der Waals surface area contributed by atoms with E-state index in [-0.39, 0.29) is 18.0 Å².